The monoisotopic (exact) mass is 293 g/mol. The third-order valence-electron chi connectivity index (χ3n) is 4.29. The molecule has 2 heterocycles. The van der Waals surface area contributed by atoms with Crippen LogP contribution in [-0.4, -0.2) is 16.0 Å². The van der Waals surface area contributed by atoms with Crippen molar-refractivity contribution >= 4 is 16.7 Å². The zero-order valence-electron chi connectivity index (χ0n) is 12.5. The molecule has 0 aliphatic heterocycles. The van der Waals surface area contributed by atoms with Crippen molar-refractivity contribution in [2.24, 2.45) is 0 Å². The van der Waals surface area contributed by atoms with E-state index in [-0.39, 0.29) is 0 Å². The Morgan fingerprint density at radius 3 is 2.64 bits per heavy atom. The van der Waals surface area contributed by atoms with Crippen LogP contribution in [0.25, 0.3) is 22.5 Å². The summed E-state index contributed by atoms with van der Waals surface area (Å²) in [5, 5.41) is 4.71. The van der Waals surface area contributed by atoms with Gasteiger partial charge in [-0.2, -0.15) is 0 Å². The molecule has 4 heteroatoms. The van der Waals surface area contributed by atoms with E-state index in [0.29, 0.717) is 17.6 Å². The van der Waals surface area contributed by atoms with E-state index in [2.05, 4.69) is 16.4 Å². The van der Waals surface area contributed by atoms with Crippen LogP contribution in [0.5, 0.6) is 0 Å². The molecule has 22 heavy (non-hydrogen) atoms. The molecule has 1 aromatic carbocycles. The maximum absolute atomic E-state index is 5.46. The number of furan rings is 1. The fourth-order valence-corrected chi connectivity index (χ4v) is 3.14. The van der Waals surface area contributed by atoms with Gasteiger partial charge < -0.3 is 9.73 Å². The van der Waals surface area contributed by atoms with Crippen LogP contribution in [0.2, 0.25) is 0 Å². The van der Waals surface area contributed by atoms with Gasteiger partial charge in [0.2, 0.25) is 0 Å². The Balaban J connectivity index is 1.77. The molecule has 0 amide bonds. The number of nitrogens with one attached hydrogen (secondary N) is 1. The first-order chi connectivity index (χ1) is 10.9. The summed E-state index contributed by atoms with van der Waals surface area (Å²) in [7, 11) is 0. The first kappa shape index (κ1) is 13.3. The Morgan fingerprint density at radius 1 is 0.955 bits per heavy atom. The van der Waals surface area contributed by atoms with E-state index < -0.39 is 0 Å². The number of anilines is 1. The number of hydrogen-bond acceptors (Lipinski definition) is 4. The maximum Gasteiger partial charge on any atom is 0.198 e. The molecular weight excluding hydrogens is 274 g/mol. The molecule has 2 aromatic heterocycles. The smallest absolute Gasteiger partial charge is 0.198 e. The normalized spacial score (nSPS) is 16.0. The van der Waals surface area contributed by atoms with E-state index >= 15 is 0 Å². The summed E-state index contributed by atoms with van der Waals surface area (Å²) in [6.07, 6.45) is 8.03. The lowest BCUT2D eigenvalue weighted by Crippen LogP contribution is -2.23. The highest BCUT2D eigenvalue weighted by molar-refractivity contribution is 5.90. The highest BCUT2D eigenvalue weighted by atomic mass is 16.3. The van der Waals surface area contributed by atoms with Crippen LogP contribution in [0.3, 0.4) is 0 Å². The number of fused-ring (bicyclic) bond motifs is 1. The average Bonchev–Trinajstić information content (AvgIpc) is 3.10. The van der Waals surface area contributed by atoms with E-state index in [9.17, 15) is 0 Å². The maximum atomic E-state index is 5.46. The van der Waals surface area contributed by atoms with Gasteiger partial charge in [0.1, 0.15) is 5.82 Å². The van der Waals surface area contributed by atoms with Gasteiger partial charge in [-0.3, -0.25) is 0 Å². The zero-order valence-corrected chi connectivity index (χ0v) is 12.5. The van der Waals surface area contributed by atoms with Crippen LogP contribution < -0.4 is 5.32 Å². The fourth-order valence-electron chi connectivity index (χ4n) is 3.14. The SMILES string of the molecule is c1coc(-c2nc(NC3CCCCC3)c3ccccc3n2)c1. The van der Waals surface area contributed by atoms with Gasteiger partial charge in [0, 0.05) is 11.4 Å². The number of para-hydroxylation sites is 1. The predicted molar refractivity (Wildman–Crippen MR) is 87.7 cm³/mol. The summed E-state index contributed by atoms with van der Waals surface area (Å²) in [6, 6.07) is 12.4. The molecular formula is C18H19N3O. The fraction of sp³-hybridized carbons (Fsp3) is 0.333. The largest absolute Gasteiger partial charge is 0.461 e. The Labute approximate surface area is 129 Å². The summed E-state index contributed by atoms with van der Waals surface area (Å²) in [5.41, 5.74) is 0.946. The van der Waals surface area contributed by atoms with Crippen LogP contribution in [0, 0.1) is 0 Å². The van der Waals surface area contributed by atoms with Gasteiger partial charge in [0.05, 0.1) is 11.8 Å². The van der Waals surface area contributed by atoms with Crippen LogP contribution in [0.15, 0.2) is 47.1 Å². The Morgan fingerprint density at radius 2 is 1.82 bits per heavy atom. The van der Waals surface area contributed by atoms with E-state index in [4.69, 9.17) is 9.40 Å². The van der Waals surface area contributed by atoms with Crippen molar-refractivity contribution in [3.05, 3.63) is 42.7 Å². The molecule has 1 aliphatic rings. The van der Waals surface area contributed by atoms with E-state index in [0.717, 1.165) is 16.7 Å². The lowest BCUT2D eigenvalue weighted by molar-refractivity contribution is 0.462. The molecule has 1 saturated carbocycles. The number of aromatic nitrogens is 2. The van der Waals surface area contributed by atoms with Gasteiger partial charge in [0.15, 0.2) is 11.6 Å². The first-order valence-corrected chi connectivity index (χ1v) is 7.97. The lowest BCUT2D eigenvalue weighted by Gasteiger charge is -2.24. The van der Waals surface area contributed by atoms with Gasteiger partial charge in [-0.05, 0) is 37.1 Å². The molecule has 0 spiro atoms. The molecule has 4 nitrogen and oxygen atoms in total. The van der Waals surface area contributed by atoms with Gasteiger partial charge in [-0.25, -0.2) is 9.97 Å². The topological polar surface area (TPSA) is 51.0 Å². The summed E-state index contributed by atoms with van der Waals surface area (Å²) in [4.78, 5) is 9.35. The van der Waals surface area contributed by atoms with Gasteiger partial charge >= 0.3 is 0 Å². The van der Waals surface area contributed by atoms with Crippen LogP contribution in [0.1, 0.15) is 32.1 Å². The molecule has 3 aromatic rings. The number of benzene rings is 1. The molecule has 0 unspecified atom stereocenters. The van der Waals surface area contributed by atoms with Crippen molar-refractivity contribution in [3.8, 4) is 11.6 Å². The number of hydrogen-bond donors (Lipinski definition) is 1. The van der Waals surface area contributed by atoms with Gasteiger partial charge in [0.25, 0.3) is 0 Å². The predicted octanol–water partition coefficient (Wildman–Crippen LogP) is 4.63. The summed E-state index contributed by atoms with van der Waals surface area (Å²) < 4.78 is 5.46. The molecule has 0 radical (unpaired) electrons. The second kappa shape index (κ2) is 5.79. The molecule has 0 bridgehead atoms. The first-order valence-electron chi connectivity index (χ1n) is 7.97. The van der Waals surface area contributed by atoms with Gasteiger partial charge in [-0.15, -0.1) is 0 Å². The van der Waals surface area contributed by atoms with Crippen LogP contribution >= 0.6 is 0 Å². The molecule has 0 atom stereocenters. The Hall–Kier alpha value is -2.36. The molecule has 1 fully saturated rings. The molecule has 1 aliphatic carbocycles. The standard InChI is InChI=1S/C18H19N3O/c1-2-7-13(8-3-1)19-17-14-9-4-5-10-15(14)20-18(21-17)16-11-6-12-22-16/h4-6,9-13H,1-3,7-8H2,(H,19,20,21). The third-order valence-corrected chi connectivity index (χ3v) is 4.29. The second-order valence-electron chi connectivity index (χ2n) is 5.87. The van der Waals surface area contributed by atoms with Crippen molar-refractivity contribution in [1.29, 1.82) is 0 Å². The molecule has 112 valence electrons. The van der Waals surface area contributed by atoms with Crippen molar-refractivity contribution in [1.82, 2.24) is 9.97 Å². The van der Waals surface area contributed by atoms with E-state index in [1.807, 2.05) is 30.3 Å². The molecule has 4 rings (SSSR count). The van der Waals surface area contributed by atoms with Crippen molar-refractivity contribution < 1.29 is 4.42 Å². The Bertz CT molecular complexity index is 761. The molecule has 1 N–H and O–H groups in total. The summed E-state index contributed by atoms with van der Waals surface area (Å²) in [5.74, 6) is 2.27. The average molecular weight is 293 g/mol. The quantitative estimate of drug-likeness (QED) is 0.764. The minimum Gasteiger partial charge on any atom is -0.461 e. The van der Waals surface area contributed by atoms with Crippen LogP contribution in [0.4, 0.5) is 5.82 Å². The van der Waals surface area contributed by atoms with Crippen molar-refractivity contribution in [2.45, 2.75) is 38.1 Å². The highest BCUT2D eigenvalue weighted by Gasteiger charge is 2.17. The van der Waals surface area contributed by atoms with Crippen LogP contribution in [-0.2, 0) is 0 Å². The highest BCUT2D eigenvalue weighted by Crippen LogP contribution is 2.28. The number of rotatable bonds is 3. The number of nitrogens with zero attached hydrogens (tertiary/aromatic N) is 2. The summed E-state index contributed by atoms with van der Waals surface area (Å²) >= 11 is 0. The van der Waals surface area contributed by atoms with E-state index in [1.54, 1.807) is 6.26 Å². The van der Waals surface area contributed by atoms with Gasteiger partial charge in [-0.1, -0.05) is 31.4 Å². The lowest BCUT2D eigenvalue weighted by atomic mass is 9.95. The zero-order chi connectivity index (χ0) is 14.8. The molecule has 0 saturated heterocycles. The van der Waals surface area contributed by atoms with E-state index in [1.165, 1.54) is 32.1 Å². The minimum atomic E-state index is 0.511. The third kappa shape index (κ3) is 2.56. The second-order valence-corrected chi connectivity index (χ2v) is 5.87. The Kier molecular flexibility index (Phi) is 3.51. The minimum absolute atomic E-state index is 0.511. The van der Waals surface area contributed by atoms with Crippen molar-refractivity contribution in [3.63, 3.8) is 0 Å². The summed E-state index contributed by atoms with van der Waals surface area (Å²) in [6.45, 7) is 0. The van der Waals surface area contributed by atoms with Crippen molar-refractivity contribution in [2.75, 3.05) is 5.32 Å².